The van der Waals surface area contributed by atoms with E-state index in [4.69, 9.17) is 4.42 Å². The highest BCUT2D eigenvalue weighted by Crippen LogP contribution is 2.24. The number of thioether (sulfide) groups is 1. The Kier molecular flexibility index (Phi) is 6.49. The summed E-state index contributed by atoms with van der Waals surface area (Å²) in [6.45, 7) is 2.01. The highest BCUT2D eigenvalue weighted by Gasteiger charge is 2.11. The zero-order valence-corrected chi connectivity index (χ0v) is 17.5. The van der Waals surface area contributed by atoms with E-state index in [2.05, 4.69) is 25.7 Å². The molecule has 8 heteroatoms. The van der Waals surface area contributed by atoms with Crippen molar-refractivity contribution < 1.29 is 9.21 Å². The molecule has 0 aliphatic carbocycles. The highest BCUT2D eigenvalue weighted by molar-refractivity contribution is 7.99. The van der Waals surface area contributed by atoms with Gasteiger partial charge in [0.05, 0.1) is 17.1 Å². The first kappa shape index (κ1) is 20.5. The summed E-state index contributed by atoms with van der Waals surface area (Å²) in [5.41, 5.74) is 4.16. The van der Waals surface area contributed by atoms with Gasteiger partial charge in [-0.15, -0.1) is 10.2 Å². The fourth-order valence-electron chi connectivity index (χ4n) is 2.63. The van der Waals surface area contributed by atoms with Crippen molar-refractivity contribution in [2.45, 2.75) is 12.1 Å². The second-order valence-electron chi connectivity index (χ2n) is 6.66. The van der Waals surface area contributed by atoms with Gasteiger partial charge in [0.25, 0.3) is 5.22 Å². The summed E-state index contributed by atoms with van der Waals surface area (Å²) < 4.78 is 5.63. The van der Waals surface area contributed by atoms with Gasteiger partial charge in [-0.25, -0.2) is 0 Å². The van der Waals surface area contributed by atoms with Crippen LogP contribution in [0.3, 0.4) is 0 Å². The number of carbonyl (C=O) groups excluding carboxylic acids is 1. The molecular weight excluding hydrogens is 410 g/mol. The molecule has 4 rings (SSSR count). The number of nitrogens with zero attached hydrogens (tertiary/aromatic N) is 4. The van der Waals surface area contributed by atoms with E-state index < -0.39 is 0 Å². The maximum Gasteiger partial charge on any atom is 0.277 e. The molecule has 31 heavy (non-hydrogen) atoms. The molecule has 0 unspecified atom stereocenters. The van der Waals surface area contributed by atoms with E-state index in [0.29, 0.717) is 22.5 Å². The van der Waals surface area contributed by atoms with Crippen LogP contribution in [0.25, 0.3) is 11.5 Å². The summed E-state index contributed by atoms with van der Waals surface area (Å²) in [6, 6.07) is 24.5. The van der Waals surface area contributed by atoms with Crippen molar-refractivity contribution in [3.05, 3.63) is 84.4 Å². The van der Waals surface area contributed by atoms with Crippen LogP contribution in [0.1, 0.15) is 5.56 Å². The third-order valence-electron chi connectivity index (χ3n) is 4.22. The van der Waals surface area contributed by atoms with Gasteiger partial charge < -0.3 is 9.73 Å². The molecule has 154 valence electrons. The van der Waals surface area contributed by atoms with Gasteiger partial charge in [-0.3, -0.25) is 4.79 Å². The molecule has 0 atom stereocenters. The van der Waals surface area contributed by atoms with Crippen LogP contribution in [-0.2, 0) is 4.79 Å². The smallest absolute Gasteiger partial charge is 0.277 e. The Hall–Kier alpha value is -3.78. The molecule has 0 bridgehead atoms. The molecule has 0 saturated carbocycles. The second kappa shape index (κ2) is 9.82. The van der Waals surface area contributed by atoms with Gasteiger partial charge in [0, 0.05) is 11.3 Å². The number of azo groups is 1. The molecular formula is C23H19N5O2S. The van der Waals surface area contributed by atoms with Crippen molar-refractivity contribution in [2.24, 2.45) is 10.2 Å². The van der Waals surface area contributed by atoms with E-state index in [1.807, 2.05) is 61.5 Å². The first-order valence-corrected chi connectivity index (χ1v) is 10.5. The fraction of sp³-hybridized carbons (Fsp3) is 0.0870. The number of benzene rings is 3. The Morgan fingerprint density at radius 3 is 2.29 bits per heavy atom. The molecule has 1 N–H and O–H groups in total. The molecule has 0 aliphatic heterocycles. The molecule has 0 saturated heterocycles. The largest absolute Gasteiger partial charge is 0.411 e. The monoisotopic (exact) mass is 429 g/mol. The SMILES string of the molecule is Cc1ccc(-c2nnc(SCC(=O)Nc3ccc(N=Nc4ccccc4)cc3)o2)cc1. The number of hydrogen-bond donors (Lipinski definition) is 1. The zero-order chi connectivity index (χ0) is 21.5. The van der Waals surface area contributed by atoms with Gasteiger partial charge >= 0.3 is 0 Å². The number of nitrogens with one attached hydrogen (secondary N) is 1. The first-order chi connectivity index (χ1) is 15.2. The highest BCUT2D eigenvalue weighted by atomic mass is 32.2. The standard InChI is InChI=1S/C23H19N5O2S/c1-16-7-9-17(10-8-16)22-27-28-23(30-22)31-15-21(29)24-18-11-13-20(14-12-18)26-25-19-5-3-2-4-6-19/h2-14H,15H2,1H3,(H,24,29). The van der Waals surface area contributed by atoms with Crippen molar-refractivity contribution in [1.82, 2.24) is 10.2 Å². The number of amides is 1. The van der Waals surface area contributed by atoms with Gasteiger partial charge in [0.15, 0.2) is 0 Å². The number of hydrogen-bond acceptors (Lipinski definition) is 7. The summed E-state index contributed by atoms with van der Waals surface area (Å²) in [6.07, 6.45) is 0. The predicted octanol–water partition coefficient (Wildman–Crippen LogP) is 6.19. The van der Waals surface area contributed by atoms with E-state index in [-0.39, 0.29) is 11.7 Å². The molecule has 1 heterocycles. The van der Waals surface area contributed by atoms with Crippen LogP contribution in [0.5, 0.6) is 0 Å². The Morgan fingerprint density at radius 1 is 0.903 bits per heavy atom. The van der Waals surface area contributed by atoms with Crippen LogP contribution in [0.4, 0.5) is 17.1 Å². The van der Waals surface area contributed by atoms with Gasteiger partial charge in [-0.1, -0.05) is 47.7 Å². The lowest BCUT2D eigenvalue weighted by atomic mass is 10.1. The summed E-state index contributed by atoms with van der Waals surface area (Å²) in [5.74, 6) is 0.423. The van der Waals surface area contributed by atoms with Crippen LogP contribution in [-0.4, -0.2) is 21.9 Å². The summed E-state index contributed by atoms with van der Waals surface area (Å²) in [4.78, 5) is 12.2. The molecule has 7 nitrogen and oxygen atoms in total. The number of carbonyl (C=O) groups is 1. The zero-order valence-electron chi connectivity index (χ0n) is 16.7. The van der Waals surface area contributed by atoms with Crippen LogP contribution < -0.4 is 5.32 Å². The number of aromatic nitrogens is 2. The normalized spacial score (nSPS) is 11.0. The van der Waals surface area contributed by atoms with Crippen molar-refractivity contribution in [2.75, 3.05) is 11.1 Å². The lowest BCUT2D eigenvalue weighted by Gasteiger charge is -2.04. The predicted molar refractivity (Wildman–Crippen MR) is 121 cm³/mol. The minimum Gasteiger partial charge on any atom is -0.411 e. The van der Waals surface area contributed by atoms with Crippen LogP contribution in [0, 0.1) is 6.92 Å². The third-order valence-corrected chi connectivity index (χ3v) is 5.04. The van der Waals surface area contributed by atoms with Crippen LogP contribution >= 0.6 is 11.8 Å². The summed E-state index contributed by atoms with van der Waals surface area (Å²) in [5, 5.41) is 19.6. The maximum absolute atomic E-state index is 12.2. The summed E-state index contributed by atoms with van der Waals surface area (Å²) >= 11 is 1.19. The third kappa shape index (κ3) is 5.86. The molecule has 3 aromatic carbocycles. The minimum absolute atomic E-state index is 0.158. The lowest BCUT2D eigenvalue weighted by molar-refractivity contribution is -0.113. The molecule has 4 aromatic rings. The van der Waals surface area contributed by atoms with Crippen LogP contribution in [0.15, 0.2) is 98.7 Å². The first-order valence-electron chi connectivity index (χ1n) is 9.56. The van der Waals surface area contributed by atoms with Crippen molar-refractivity contribution in [3.63, 3.8) is 0 Å². The number of rotatable bonds is 7. The van der Waals surface area contributed by atoms with E-state index in [1.165, 1.54) is 11.8 Å². The Bertz CT molecular complexity index is 1170. The van der Waals surface area contributed by atoms with Crippen LogP contribution in [0.2, 0.25) is 0 Å². The van der Waals surface area contributed by atoms with Crippen molar-refractivity contribution >= 4 is 34.7 Å². The number of anilines is 1. The molecule has 0 aliphatic rings. The quantitative estimate of drug-likeness (QED) is 0.279. The van der Waals surface area contributed by atoms with E-state index in [9.17, 15) is 4.79 Å². The van der Waals surface area contributed by atoms with Crippen molar-refractivity contribution in [1.29, 1.82) is 0 Å². The topological polar surface area (TPSA) is 92.7 Å². The molecule has 0 radical (unpaired) electrons. The minimum atomic E-state index is -0.168. The lowest BCUT2D eigenvalue weighted by Crippen LogP contribution is -2.13. The van der Waals surface area contributed by atoms with E-state index >= 15 is 0 Å². The van der Waals surface area contributed by atoms with E-state index in [0.717, 1.165) is 16.8 Å². The van der Waals surface area contributed by atoms with E-state index in [1.54, 1.807) is 24.3 Å². The molecule has 0 fully saturated rings. The Balaban J connectivity index is 1.28. The second-order valence-corrected chi connectivity index (χ2v) is 7.59. The molecule has 0 spiro atoms. The molecule has 1 amide bonds. The van der Waals surface area contributed by atoms with Gasteiger partial charge in [0.2, 0.25) is 11.8 Å². The van der Waals surface area contributed by atoms with Crippen molar-refractivity contribution in [3.8, 4) is 11.5 Å². The average Bonchev–Trinajstić information content (AvgIpc) is 3.28. The maximum atomic E-state index is 12.2. The molecule has 1 aromatic heterocycles. The average molecular weight is 430 g/mol. The number of aryl methyl sites for hydroxylation is 1. The Labute approximate surface area is 183 Å². The summed E-state index contributed by atoms with van der Waals surface area (Å²) in [7, 11) is 0. The fourth-order valence-corrected chi connectivity index (χ4v) is 3.19. The Morgan fingerprint density at radius 2 is 1.58 bits per heavy atom. The van der Waals surface area contributed by atoms with Gasteiger partial charge in [-0.2, -0.15) is 10.2 Å². The van der Waals surface area contributed by atoms with Gasteiger partial charge in [-0.05, 0) is 55.5 Å². The van der Waals surface area contributed by atoms with Gasteiger partial charge in [0.1, 0.15) is 0 Å².